The second-order valence-corrected chi connectivity index (χ2v) is 6.74. The lowest BCUT2D eigenvalue weighted by Gasteiger charge is -2.36. The molecule has 1 saturated carbocycles. The topological polar surface area (TPSA) is 38.1 Å². The molecule has 1 aliphatic rings. The first-order valence-electron chi connectivity index (χ1n) is 7.67. The summed E-state index contributed by atoms with van der Waals surface area (Å²) in [5.41, 5.74) is 1.43. The summed E-state index contributed by atoms with van der Waals surface area (Å²) in [6.07, 6.45) is 11.8. The van der Waals surface area contributed by atoms with Crippen molar-refractivity contribution >= 4 is 0 Å². The van der Waals surface area contributed by atoms with Gasteiger partial charge in [0.2, 0.25) is 0 Å². The molecule has 0 bridgehead atoms. The van der Waals surface area contributed by atoms with Gasteiger partial charge in [0, 0.05) is 13.2 Å². The SMILES string of the molecule is CC(C)CC1(C(O)CCc2cnn(C)c2)CCCC1. The Hall–Kier alpha value is -0.830. The molecular weight excluding hydrogens is 236 g/mol. The first kappa shape index (κ1) is 14.6. The largest absolute Gasteiger partial charge is 0.393 e. The standard InChI is InChI=1S/C16H28N2O/c1-13(2)10-16(8-4-5-9-16)15(19)7-6-14-11-17-18(3)12-14/h11-13,15,19H,4-10H2,1-3H3. The van der Waals surface area contributed by atoms with Gasteiger partial charge in [0.15, 0.2) is 0 Å². The van der Waals surface area contributed by atoms with E-state index in [1.807, 2.05) is 17.9 Å². The van der Waals surface area contributed by atoms with E-state index in [0.717, 1.165) is 12.8 Å². The third kappa shape index (κ3) is 3.59. The Kier molecular flexibility index (Phi) is 4.67. The van der Waals surface area contributed by atoms with Gasteiger partial charge in [-0.15, -0.1) is 0 Å². The van der Waals surface area contributed by atoms with E-state index in [9.17, 15) is 5.11 Å². The number of aliphatic hydroxyl groups is 1. The number of nitrogens with zero attached hydrogens (tertiary/aromatic N) is 2. The number of aromatic nitrogens is 2. The van der Waals surface area contributed by atoms with E-state index in [2.05, 4.69) is 25.1 Å². The molecule has 1 atom stereocenters. The number of aliphatic hydroxyl groups excluding tert-OH is 1. The molecule has 0 spiro atoms. The van der Waals surface area contributed by atoms with Crippen LogP contribution in [0, 0.1) is 11.3 Å². The molecule has 1 aromatic heterocycles. The van der Waals surface area contributed by atoms with Gasteiger partial charge in [0.25, 0.3) is 0 Å². The predicted octanol–water partition coefficient (Wildman–Crippen LogP) is 3.32. The normalized spacial score (nSPS) is 20.1. The number of rotatable bonds is 6. The van der Waals surface area contributed by atoms with E-state index in [1.165, 1.54) is 37.7 Å². The van der Waals surface area contributed by atoms with Crippen LogP contribution in [-0.4, -0.2) is 21.0 Å². The quantitative estimate of drug-likeness (QED) is 0.856. The van der Waals surface area contributed by atoms with Crippen molar-refractivity contribution in [2.45, 2.75) is 64.9 Å². The lowest BCUT2D eigenvalue weighted by atomic mass is 9.72. The first-order valence-corrected chi connectivity index (χ1v) is 7.67. The molecule has 108 valence electrons. The minimum atomic E-state index is -0.155. The maximum Gasteiger partial charge on any atom is 0.0599 e. The zero-order chi connectivity index (χ0) is 13.9. The van der Waals surface area contributed by atoms with Crippen LogP contribution in [0.3, 0.4) is 0 Å². The van der Waals surface area contributed by atoms with Gasteiger partial charge in [0.1, 0.15) is 0 Å². The summed E-state index contributed by atoms with van der Waals surface area (Å²) in [5, 5.41) is 14.9. The molecule has 3 nitrogen and oxygen atoms in total. The third-order valence-electron chi connectivity index (χ3n) is 4.59. The van der Waals surface area contributed by atoms with Crippen LogP contribution >= 0.6 is 0 Å². The van der Waals surface area contributed by atoms with Gasteiger partial charge in [-0.3, -0.25) is 4.68 Å². The van der Waals surface area contributed by atoms with Crippen molar-refractivity contribution < 1.29 is 5.11 Å². The van der Waals surface area contributed by atoms with Crippen molar-refractivity contribution in [2.24, 2.45) is 18.4 Å². The van der Waals surface area contributed by atoms with E-state index in [-0.39, 0.29) is 11.5 Å². The predicted molar refractivity (Wildman–Crippen MR) is 77.9 cm³/mol. The lowest BCUT2D eigenvalue weighted by molar-refractivity contribution is 0.00733. The fraction of sp³-hybridized carbons (Fsp3) is 0.812. The van der Waals surface area contributed by atoms with Crippen LogP contribution in [0.2, 0.25) is 0 Å². The highest BCUT2D eigenvalue weighted by molar-refractivity contribution is 5.04. The fourth-order valence-corrected chi connectivity index (χ4v) is 3.78. The van der Waals surface area contributed by atoms with Gasteiger partial charge in [0.05, 0.1) is 12.3 Å². The van der Waals surface area contributed by atoms with E-state index in [4.69, 9.17) is 0 Å². The Labute approximate surface area is 117 Å². The molecule has 1 aliphatic carbocycles. The fourth-order valence-electron chi connectivity index (χ4n) is 3.78. The number of hydrogen-bond acceptors (Lipinski definition) is 2. The van der Waals surface area contributed by atoms with Gasteiger partial charge in [-0.1, -0.05) is 26.7 Å². The average molecular weight is 264 g/mol. The minimum absolute atomic E-state index is 0.155. The zero-order valence-electron chi connectivity index (χ0n) is 12.6. The van der Waals surface area contributed by atoms with Crippen molar-refractivity contribution in [1.82, 2.24) is 9.78 Å². The molecule has 0 radical (unpaired) electrons. The molecular formula is C16H28N2O. The highest BCUT2D eigenvalue weighted by Gasteiger charge is 2.40. The summed E-state index contributed by atoms with van der Waals surface area (Å²) < 4.78 is 1.83. The second-order valence-electron chi connectivity index (χ2n) is 6.74. The van der Waals surface area contributed by atoms with Crippen LogP contribution in [0.15, 0.2) is 12.4 Å². The van der Waals surface area contributed by atoms with E-state index in [1.54, 1.807) is 0 Å². The van der Waals surface area contributed by atoms with Gasteiger partial charge in [-0.05, 0) is 49.0 Å². The first-order chi connectivity index (χ1) is 9.02. The lowest BCUT2D eigenvalue weighted by Crippen LogP contribution is -2.34. The van der Waals surface area contributed by atoms with Gasteiger partial charge >= 0.3 is 0 Å². The summed E-state index contributed by atoms with van der Waals surface area (Å²) >= 11 is 0. The van der Waals surface area contributed by atoms with Crippen LogP contribution in [0.1, 0.15) is 57.9 Å². The van der Waals surface area contributed by atoms with Crippen LogP contribution in [0.25, 0.3) is 0 Å². The molecule has 2 rings (SSSR count). The average Bonchev–Trinajstić information content (AvgIpc) is 2.95. The molecule has 0 aliphatic heterocycles. The monoisotopic (exact) mass is 264 g/mol. The Morgan fingerprint density at radius 1 is 1.37 bits per heavy atom. The van der Waals surface area contributed by atoms with Crippen molar-refractivity contribution in [3.05, 3.63) is 18.0 Å². The van der Waals surface area contributed by atoms with E-state index < -0.39 is 0 Å². The number of hydrogen-bond donors (Lipinski definition) is 1. The maximum absolute atomic E-state index is 10.7. The summed E-state index contributed by atoms with van der Waals surface area (Å²) in [6.45, 7) is 4.54. The highest BCUT2D eigenvalue weighted by atomic mass is 16.3. The summed E-state index contributed by atoms with van der Waals surface area (Å²) in [6, 6.07) is 0. The van der Waals surface area contributed by atoms with Crippen LogP contribution in [0.5, 0.6) is 0 Å². The van der Waals surface area contributed by atoms with Gasteiger partial charge in [-0.25, -0.2) is 0 Å². The van der Waals surface area contributed by atoms with Crippen molar-refractivity contribution in [3.8, 4) is 0 Å². The van der Waals surface area contributed by atoms with Crippen LogP contribution in [0.4, 0.5) is 0 Å². The molecule has 1 unspecified atom stereocenters. The van der Waals surface area contributed by atoms with Gasteiger partial charge < -0.3 is 5.11 Å². The number of aryl methyl sites for hydroxylation is 2. The summed E-state index contributed by atoms with van der Waals surface area (Å²) in [7, 11) is 1.94. The summed E-state index contributed by atoms with van der Waals surface area (Å²) in [5.74, 6) is 0.672. The Morgan fingerprint density at radius 2 is 2.05 bits per heavy atom. The van der Waals surface area contributed by atoms with E-state index >= 15 is 0 Å². The highest BCUT2D eigenvalue weighted by Crippen LogP contribution is 2.47. The second kappa shape index (κ2) is 6.08. The van der Waals surface area contributed by atoms with Gasteiger partial charge in [-0.2, -0.15) is 5.10 Å². The Morgan fingerprint density at radius 3 is 2.58 bits per heavy atom. The third-order valence-corrected chi connectivity index (χ3v) is 4.59. The molecule has 1 N–H and O–H groups in total. The molecule has 1 heterocycles. The molecule has 3 heteroatoms. The molecule has 0 amide bonds. The van der Waals surface area contributed by atoms with Crippen molar-refractivity contribution in [1.29, 1.82) is 0 Å². The summed E-state index contributed by atoms with van der Waals surface area (Å²) in [4.78, 5) is 0. The minimum Gasteiger partial charge on any atom is -0.393 e. The molecule has 0 saturated heterocycles. The van der Waals surface area contributed by atoms with Crippen LogP contribution in [-0.2, 0) is 13.5 Å². The molecule has 0 aromatic carbocycles. The zero-order valence-corrected chi connectivity index (χ0v) is 12.6. The smallest absolute Gasteiger partial charge is 0.0599 e. The van der Waals surface area contributed by atoms with Crippen LogP contribution < -0.4 is 0 Å². The van der Waals surface area contributed by atoms with Crippen molar-refractivity contribution in [2.75, 3.05) is 0 Å². The molecule has 19 heavy (non-hydrogen) atoms. The molecule has 1 aromatic rings. The van der Waals surface area contributed by atoms with Crippen molar-refractivity contribution in [3.63, 3.8) is 0 Å². The maximum atomic E-state index is 10.7. The Bertz CT molecular complexity index is 391. The Balaban J connectivity index is 1.94. The van der Waals surface area contributed by atoms with E-state index in [0.29, 0.717) is 5.92 Å². The molecule has 1 fully saturated rings.